The minimum absolute atomic E-state index is 0.621. The summed E-state index contributed by atoms with van der Waals surface area (Å²) in [6.45, 7) is 6.43. The normalized spacial score (nSPS) is 23.2. The molecule has 1 saturated heterocycles. The number of rotatable bonds is 8. The largest absolute Gasteiger partial charge is 0.380 e. The Bertz CT molecular complexity index is 143. The highest BCUT2D eigenvalue weighted by Crippen LogP contribution is 2.10. The third-order valence-electron chi connectivity index (χ3n) is 3.19. The topological polar surface area (TPSA) is 21.3 Å². The summed E-state index contributed by atoms with van der Waals surface area (Å²) in [5.74, 6) is 0. The predicted octanol–water partition coefficient (Wildman–Crippen LogP) is 3.11. The third-order valence-corrected chi connectivity index (χ3v) is 3.19. The van der Waals surface area contributed by atoms with Crippen LogP contribution in [-0.4, -0.2) is 25.3 Å². The van der Waals surface area contributed by atoms with E-state index in [-0.39, 0.29) is 0 Å². The Morgan fingerprint density at radius 1 is 1.27 bits per heavy atom. The Morgan fingerprint density at radius 2 is 2.07 bits per heavy atom. The zero-order valence-corrected chi connectivity index (χ0v) is 10.4. The van der Waals surface area contributed by atoms with E-state index in [9.17, 15) is 0 Å². The van der Waals surface area contributed by atoms with E-state index in [2.05, 4.69) is 19.2 Å². The van der Waals surface area contributed by atoms with Crippen LogP contribution in [0.3, 0.4) is 0 Å². The van der Waals surface area contributed by atoms with Crippen LogP contribution in [0, 0.1) is 0 Å². The van der Waals surface area contributed by atoms with Crippen LogP contribution < -0.4 is 5.32 Å². The van der Waals surface area contributed by atoms with Crippen LogP contribution in [0.2, 0.25) is 0 Å². The molecule has 0 bridgehead atoms. The van der Waals surface area contributed by atoms with E-state index in [0.29, 0.717) is 12.1 Å². The molecule has 90 valence electrons. The molecular formula is C13H27NO. The molecule has 0 aromatic heterocycles. The van der Waals surface area contributed by atoms with E-state index < -0.39 is 0 Å². The zero-order valence-electron chi connectivity index (χ0n) is 10.4. The van der Waals surface area contributed by atoms with Crippen LogP contribution in [0.15, 0.2) is 0 Å². The van der Waals surface area contributed by atoms with Crippen molar-refractivity contribution >= 4 is 0 Å². The maximum Gasteiger partial charge on any atom is 0.0620 e. The van der Waals surface area contributed by atoms with E-state index in [1.54, 1.807) is 0 Å². The van der Waals surface area contributed by atoms with Gasteiger partial charge in [0.25, 0.3) is 0 Å². The molecule has 2 heteroatoms. The van der Waals surface area contributed by atoms with Crippen molar-refractivity contribution in [1.29, 1.82) is 0 Å². The first-order valence-electron chi connectivity index (χ1n) is 6.66. The van der Waals surface area contributed by atoms with Gasteiger partial charge in [0.1, 0.15) is 0 Å². The summed E-state index contributed by atoms with van der Waals surface area (Å²) < 4.78 is 5.35. The first kappa shape index (κ1) is 13.0. The van der Waals surface area contributed by atoms with Crippen molar-refractivity contribution in [1.82, 2.24) is 5.32 Å². The van der Waals surface area contributed by atoms with E-state index >= 15 is 0 Å². The molecular weight excluding hydrogens is 186 g/mol. The maximum atomic E-state index is 5.35. The summed E-state index contributed by atoms with van der Waals surface area (Å²) in [6.07, 6.45) is 9.45. The minimum Gasteiger partial charge on any atom is -0.380 e. The first-order chi connectivity index (χ1) is 7.33. The Labute approximate surface area is 94.8 Å². The van der Waals surface area contributed by atoms with E-state index in [4.69, 9.17) is 4.74 Å². The van der Waals surface area contributed by atoms with Gasteiger partial charge in [-0.25, -0.2) is 0 Å². The third kappa shape index (κ3) is 6.16. The lowest BCUT2D eigenvalue weighted by atomic mass is 10.1. The molecule has 1 aliphatic rings. The molecule has 0 radical (unpaired) electrons. The lowest BCUT2D eigenvalue weighted by molar-refractivity contribution is 0.188. The maximum absolute atomic E-state index is 5.35. The standard InChI is InChI=1S/C13H27NO/c1-3-4-5-6-7-8-12(2)14-13-9-10-15-11-13/h12-14H,3-11H2,1-2H3. The number of hydrogen-bond donors (Lipinski definition) is 1. The molecule has 2 unspecified atom stereocenters. The molecule has 0 spiro atoms. The van der Waals surface area contributed by atoms with Crippen LogP contribution in [0.1, 0.15) is 58.8 Å². The Morgan fingerprint density at radius 3 is 2.73 bits per heavy atom. The van der Waals surface area contributed by atoms with Crippen molar-refractivity contribution in [2.75, 3.05) is 13.2 Å². The first-order valence-corrected chi connectivity index (χ1v) is 6.66. The molecule has 0 amide bonds. The molecule has 2 nitrogen and oxygen atoms in total. The molecule has 0 aliphatic carbocycles. The van der Waals surface area contributed by atoms with Gasteiger partial charge in [-0.05, 0) is 19.8 Å². The zero-order chi connectivity index (χ0) is 10.9. The molecule has 0 aromatic carbocycles. The average Bonchev–Trinajstić information content (AvgIpc) is 2.70. The van der Waals surface area contributed by atoms with Gasteiger partial charge >= 0.3 is 0 Å². The van der Waals surface area contributed by atoms with Crippen molar-refractivity contribution in [3.63, 3.8) is 0 Å². The second-order valence-corrected chi connectivity index (χ2v) is 4.83. The SMILES string of the molecule is CCCCCCCC(C)NC1CCOC1. The molecule has 1 fully saturated rings. The highest BCUT2D eigenvalue weighted by molar-refractivity contribution is 4.74. The van der Waals surface area contributed by atoms with Gasteiger partial charge < -0.3 is 10.1 Å². The van der Waals surface area contributed by atoms with E-state index in [1.165, 1.54) is 44.9 Å². The van der Waals surface area contributed by atoms with Crippen molar-refractivity contribution in [3.8, 4) is 0 Å². The van der Waals surface area contributed by atoms with Crippen LogP contribution in [-0.2, 0) is 4.74 Å². The molecule has 1 aliphatic heterocycles. The van der Waals surface area contributed by atoms with Gasteiger partial charge in [0.2, 0.25) is 0 Å². The summed E-state index contributed by atoms with van der Waals surface area (Å²) in [5.41, 5.74) is 0. The van der Waals surface area contributed by atoms with Crippen LogP contribution in [0.5, 0.6) is 0 Å². The molecule has 1 N–H and O–H groups in total. The molecule has 0 aromatic rings. The number of unbranched alkanes of at least 4 members (excludes halogenated alkanes) is 4. The molecule has 1 heterocycles. The monoisotopic (exact) mass is 213 g/mol. The Balaban J connectivity index is 1.91. The number of hydrogen-bond acceptors (Lipinski definition) is 2. The number of nitrogens with one attached hydrogen (secondary N) is 1. The predicted molar refractivity (Wildman–Crippen MR) is 65.2 cm³/mol. The fraction of sp³-hybridized carbons (Fsp3) is 1.00. The molecule has 2 atom stereocenters. The van der Waals surface area contributed by atoms with Crippen LogP contribution in [0.25, 0.3) is 0 Å². The van der Waals surface area contributed by atoms with Gasteiger partial charge in [-0.3, -0.25) is 0 Å². The van der Waals surface area contributed by atoms with Gasteiger partial charge in [-0.1, -0.05) is 39.0 Å². The van der Waals surface area contributed by atoms with Gasteiger partial charge in [-0.2, -0.15) is 0 Å². The Hall–Kier alpha value is -0.0800. The highest BCUT2D eigenvalue weighted by Gasteiger charge is 2.16. The van der Waals surface area contributed by atoms with Crippen molar-refractivity contribution < 1.29 is 4.74 Å². The summed E-state index contributed by atoms with van der Waals surface area (Å²) in [6, 6.07) is 1.29. The van der Waals surface area contributed by atoms with Gasteiger partial charge in [0.15, 0.2) is 0 Å². The fourth-order valence-electron chi connectivity index (χ4n) is 2.21. The van der Waals surface area contributed by atoms with Crippen LogP contribution in [0.4, 0.5) is 0 Å². The lowest BCUT2D eigenvalue weighted by Crippen LogP contribution is -2.36. The number of ether oxygens (including phenoxy) is 1. The van der Waals surface area contributed by atoms with Gasteiger partial charge in [0, 0.05) is 18.7 Å². The average molecular weight is 213 g/mol. The second-order valence-electron chi connectivity index (χ2n) is 4.83. The molecule has 15 heavy (non-hydrogen) atoms. The van der Waals surface area contributed by atoms with Crippen molar-refractivity contribution in [3.05, 3.63) is 0 Å². The lowest BCUT2D eigenvalue weighted by Gasteiger charge is -2.17. The summed E-state index contributed by atoms with van der Waals surface area (Å²) in [5, 5.41) is 3.64. The van der Waals surface area contributed by atoms with Crippen molar-refractivity contribution in [2.24, 2.45) is 0 Å². The quantitative estimate of drug-likeness (QED) is 0.626. The summed E-state index contributed by atoms with van der Waals surface area (Å²) in [4.78, 5) is 0. The van der Waals surface area contributed by atoms with Crippen molar-refractivity contribution in [2.45, 2.75) is 70.9 Å². The van der Waals surface area contributed by atoms with E-state index in [0.717, 1.165) is 13.2 Å². The van der Waals surface area contributed by atoms with Gasteiger partial charge in [-0.15, -0.1) is 0 Å². The highest BCUT2D eigenvalue weighted by atomic mass is 16.5. The smallest absolute Gasteiger partial charge is 0.0620 e. The van der Waals surface area contributed by atoms with E-state index in [1.807, 2.05) is 0 Å². The fourth-order valence-corrected chi connectivity index (χ4v) is 2.21. The molecule has 0 saturated carbocycles. The Kier molecular flexibility index (Phi) is 7.03. The summed E-state index contributed by atoms with van der Waals surface area (Å²) in [7, 11) is 0. The van der Waals surface area contributed by atoms with Gasteiger partial charge in [0.05, 0.1) is 6.61 Å². The minimum atomic E-state index is 0.621. The molecule has 1 rings (SSSR count). The summed E-state index contributed by atoms with van der Waals surface area (Å²) >= 11 is 0. The van der Waals surface area contributed by atoms with Crippen LogP contribution >= 0.6 is 0 Å². The second kappa shape index (κ2) is 8.12.